The van der Waals surface area contributed by atoms with E-state index in [2.05, 4.69) is 16.7 Å². The van der Waals surface area contributed by atoms with Gasteiger partial charge in [0, 0.05) is 25.2 Å². The number of hydrogen-bond donors (Lipinski definition) is 0. The number of carbonyl (C=O) groups excluding carboxylic acids is 1. The molecule has 0 radical (unpaired) electrons. The molecule has 3 heterocycles. The smallest absolute Gasteiger partial charge is 0.373 e. The number of carbonyl (C=O) groups is 1. The van der Waals surface area contributed by atoms with Crippen LogP contribution in [0.15, 0.2) is 16.5 Å². The van der Waals surface area contributed by atoms with Crippen LogP contribution in [0.4, 0.5) is 0 Å². The first-order chi connectivity index (χ1) is 11.7. The number of fused-ring (bicyclic) bond motifs is 1. The van der Waals surface area contributed by atoms with Crippen molar-refractivity contribution in [2.24, 2.45) is 5.92 Å². The van der Waals surface area contributed by atoms with E-state index >= 15 is 0 Å². The van der Waals surface area contributed by atoms with Crippen molar-refractivity contribution in [3.63, 3.8) is 0 Å². The maximum absolute atomic E-state index is 11.6. The SMILES string of the molecule is COC(=O)c1ccc([C@H](C)N2CC[C@@H]3[C@H](CCCN3C3CC3)C2)o1. The quantitative estimate of drug-likeness (QED) is 0.793. The van der Waals surface area contributed by atoms with Crippen LogP contribution in [0.2, 0.25) is 0 Å². The second kappa shape index (κ2) is 6.52. The zero-order chi connectivity index (χ0) is 16.7. The molecule has 1 aliphatic carbocycles. The summed E-state index contributed by atoms with van der Waals surface area (Å²) >= 11 is 0. The topological polar surface area (TPSA) is 45.9 Å². The van der Waals surface area contributed by atoms with E-state index in [-0.39, 0.29) is 6.04 Å². The number of nitrogens with zero attached hydrogens (tertiary/aromatic N) is 2. The highest BCUT2D eigenvalue weighted by Crippen LogP contribution is 2.39. The second-order valence-corrected chi connectivity index (χ2v) is 7.59. The highest BCUT2D eigenvalue weighted by atomic mass is 16.5. The fourth-order valence-corrected chi connectivity index (χ4v) is 4.65. The second-order valence-electron chi connectivity index (χ2n) is 7.59. The van der Waals surface area contributed by atoms with Crippen LogP contribution in [0.1, 0.15) is 61.4 Å². The van der Waals surface area contributed by atoms with Gasteiger partial charge in [-0.25, -0.2) is 4.79 Å². The number of ether oxygens (including phenoxy) is 1. The van der Waals surface area contributed by atoms with Gasteiger partial charge in [0.15, 0.2) is 0 Å². The van der Waals surface area contributed by atoms with Gasteiger partial charge in [0.2, 0.25) is 5.76 Å². The van der Waals surface area contributed by atoms with Gasteiger partial charge in [0.25, 0.3) is 0 Å². The molecule has 3 aliphatic rings. The predicted molar refractivity (Wildman–Crippen MR) is 90.9 cm³/mol. The Kier molecular flexibility index (Phi) is 4.39. The molecule has 5 nitrogen and oxygen atoms in total. The van der Waals surface area contributed by atoms with Crippen molar-refractivity contribution in [1.29, 1.82) is 0 Å². The van der Waals surface area contributed by atoms with Crippen LogP contribution in [0.25, 0.3) is 0 Å². The molecular formula is C19H28N2O3. The molecule has 132 valence electrons. The van der Waals surface area contributed by atoms with Crippen LogP contribution in [-0.2, 0) is 4.74 Å². The third-order valence-electron chi connectivity index (χ3n) is 6.13. The lowest BCUT2D eigenvalue weighted by Crippen LogP contribution is -2.54. The van der Waals surface area contributed by atoms with Gasteiger partial charge in [0.05, 0.1) is 13.2 Å². The van der Waals surface area contributed by atoms with Gasteiger partial charge in [-0.15, -0.1) is 0 Å². The van der Waals surface area contributed by atoms with Crippen molar-refractivity contribution in [3.8, 4) is 0 Å². The molecule has 0 spiro atoms. The maximum Gasteiger partial charge on any atom is 0.373 e. The minimum absolute atomic E-state index is 0.209. The first kappa shape index (κ1) is 16.2. The molecule has 5 heteroatoms. The van der Waals surface area contributed by atoms with Crippen molar-refractivity contribution in [3.05, 3.63) is 23.7 Å². The third-order valence-corrected chi connectivity index (χ3v) is 6.13. The monoisotopic (exact) mass is 332 g/mol. The largest absolute Gasteiger partial charge is 0.463 e. The van der Waals surface area contributed by atoms with Crippen molar-refractivity contribution in [1.82, 2.24) is 9.80 Å². The molecule has 0 aromatic carbocycles. The Morgan fingerprint density at radius 2 is 2.08 bits per heavy atom. The number of rotatable bonds is 4. The van der Waals surface area contributed by atoms with E-state index in [9.17, 15) is 4.79 Å². The predicted octanol–water partition coefficient (Wildman–Crippen LogP) is 3.08. The van der Waals surface area contributed by atoms with Crippen molar-refractivity contribution in [2.45, 2.75) is 57.2 Å². The van der Waals surface area contributed by atoms with E-state index < -0.39 is 5.97 Å². The molecule has 2 aliphatic heterocycles. The molecule has 24 heavy (non-hydrogen) atoms. The number of piperidine rings is 2. The molecule has 1 aromatic heterocycles. The fourth-order valence-electron chi connectivity index (χ4n) is 4.65. The fraction of sp³-hybridized carbons (Fsp3) is 0.737. The van der Waals surface area contributed by atoms with E-state index in [0.717, 1.165) is 36.9 Å². The first-order valence-corrected chi connectivity index (χ1v) is 9.35. The van der Waals surface area contributed by atoms with E-state index in [0.29, 0.717) is 5.76 Å². The Balaban J connectivity index is 1.42. The molecule has 1 saturated carbocycles. The number of methoxy groups -OCH3 is 1. The van der Waals surface area contributed by atoms with Crippen molar-refractivity contribution >= 4 is 5.97 Å². The van der Waals surface area contributed by atoms with Crippen LogP contribution < -0.4 is 0 Å². The molecule has 4 rings (SSSR count). The van der Waals surface area contributed by atoms with Gasteiger partial charge in [-0.2, -0.15) is 0 Å². The van der Waals surface area contributed by atoms with Crippen LogP contribution in [0.5, 0.6) is 0 Å². The van der Waals surface area contributed by atoms with Crippen molar-refractivity contribution < 1.29 is 13.9 Å². The van der Waals surface area contributed by atoms with E-state index in [1.807, 2.05) is 6.07 Å². The molecule has 0 N–H and O–H groups in total. The van der Waals surface area contributed by atoms with Gasteiger partial charge < -0.3 is 9.15 Å². The molecule has 1 aromatic rings. The average molecular weight is 332 g/mol. The lowest BCUT2D eigenvalue weighted by Gasteiger charge is -2.48. The molecule has 0 bridgehead atoms. The maximum atomic E-state index is 11.6. The van der Waals surface area contributed by atoms with Gasteiger partial charge in [0.1, 0.15) is 5.76 Å². The van der Waals surface area contributed by atoms with Crippen LogP contribution in [0.3, 0.4) is 0 Å². The summed E-state index contributed by atoms with van der Waals surface area (Å²) in [5.41, 5.74) is 0. The zero-order valence-corrected chi connectivity index (χ0v) is 14.7. The van der Waals surface area contributed by atoms with Gasteiger partial charge in [-0.1, -0.05) is 0 Å². The standard InChI is InChI=1S/C19H28N2O3/c1-13(17-7-8-18(24-17)19(22)23-2)20-11-9-16-14(12-20)4-3-10-21(16)15-5-6-15/h7-8,13-16H,3-6,9-12H2,1-2H3/t13-,14+,16+/m0/s1. The zero-order valence-electron chi connectivity index (χ0n) is 14.7. The Morgan fingerprint density at radius 3 is 2.83 bits per heavy atom. The highest BCUT2D eigenvalue weighted by molar-refractivity contribution is 5.86. The summed E-state index contributed by atoms with van der Waals surface area (Å²) in [4.78, 5) is 16.9. The average Bonchev–Trinajstić information content (AvgIpc) is 3.35. The van der Waals surface area contributed by atoms with Crippen LogP contribution in [0, 0.1) is 5.92 Å². The summed E-state index contributed by atoms with van der Waals surface area (Å²) in [6.07, 6.45) is 6.77. The molecule has 3 fully saturated rings. The molecule has 0 unspecified atom stereocenters. The summed E-state index contributed by atoms with van der Waals surface area (Å²) in [5, 5.41) is 0. The number of hydrogen-bond acceptors (Lipinski definition) is 5. The lowest BCUT2D eigenvalue weighted by molar-refractivity contribution is 0.00200. The Bertz CT molecular complexity index is 595. The summed E-state index contributed by atoms with van der Waals surface area (Å²) < 4.78 is 10.5. The van der Waals surface area contributed by atoms with Gasteiger partial charge in [-0.05, 0) is 63.6 Å². The van der Waals surface area contributed by atoms with E-state index in [1.54, 1.807) is 6.07 Å². The summed E-state index contributed by atoms with van der Waals surface area (Å²) in [6, 6.07) is 5.52. The van der Waals surface area contributed by atoms with E-state index in [4.69, 9.17) is 9.15 Å². The number of likely N-dealkylation sites (tertiary alicyclic amines) is 2. The Morgan fingerprint density at radius 1 is 1.25 bits per heavy atom. The normalized spacial score (nSPS) is 29.9. The van der Waals surface area contributed by atoms with Gasteiger partial charge >= 0.3 is 5.97 Å². The first-order valence-electron chi connectivity index (χ1n) is 9.35. The van der Waals surface area contributed by atoms with Crippen LogP contribution >= 0.6 is 0 Å². The lowest BCUT2D eigenvalue weighted by atomic mass is 9.83. The summed E-state index contributed by atoms with van der Waals surface area (Å²) in [7, 11) is 1.38. The molecule has 2 saturated heterocycles. The minimum Gasteiger partial charge on any atom is -0.463 e. The number of esters is 1. The number of furan rings is 1. The molecule has 0 amide bonds. The van der Waals surface area contributed by atoms with Crippen LogP contribution in [-0.4, -0.2) is 54.6 Å². The minimum atomic E-state index is -0.403. The molecular weight excluding hydrogens is 304 g/mol. The molecule has 3 atom stereocenters. The van der Waals surface area contributed by atoms with E-state index in [1.165, 1.54) is 45.8 Å². The summed E-state index contributed by atoms with van der Waals surface area (Å²) in [6.45, 7) is 5.74. The third kappa shape index (κ3) is 3.00. The Hall–Kier alpha value is -1.33. The summed E-state index contributed by atoms with van der Waals surface area (Å²) in [5.74, 6) is 1.54. The van der Waals surface area contributed by atoms with Crippen molar-refractivity contribution in [2.75, 3.05) is 26.7 Å². The Labute approximate surface area is 143 Å². The highest BCUT2D eigenvalue weighted by Gasteiger charge is 2.42. The van der Waals surface area contributed by atoms with Gasteiger partial charge in [-0.3, -0.25) is 9.80 Å².